The molecule has 0 bridgehead atoms. The monoisotopic (exact) mass is 500 g/mol. The number of carboxylic acid groups (broad SMARTS) is 1. The molecule has 0 spiro atoms. The lowest BCUT2D eigenvalue weighted by atomic mass is 9.99. The van der Waals surface area contributed by atoms with E-state index in [-0.39, 0.29) is 11.1 Å². The standard InChI is InChI=1S/C30H23F3N2O2/c31-30(32,33)26-11-5-10-25-27(26)34-35(19-22-6-2-1-3-7-22)28(25)23-16-14-20(15-17-23)12-13-21-8-4-9-24(18-21)29(36)37/h1-11,14-18H,12-13,19H2,(H,36,37). The number of carboxylic acids is 1. The second kappa shape index (κ2) is 9.93. The Morgan fingerprint density at radius 3 is 2.16 bits per heavy atom. The lowest BCUT2D eigenvalue weighted by Gasteiger charge is -2.10. The first-order chi connectivity index (χ1) is 17.8. The first-order valence-electron chi connectivity index (χ1n) is 11.8. The first kappa shape index (κ1) is 24.3. The molecule has 4 aromatic carbocycles. The van der Waals surface area contributed by atoms with E-state index in [1.165, 1.54) is 6.07 Å². The molecule has 0 aliphatic carbocycles. The maximum Gasteiger partial charge on any atom is 0.418 e. The number of carbonyl (C=O) groups is 1. The molecule has 0 aliphatic rings. The van der Waals surface area contributed by atoms with Crippen LogP contribution in [0.1, 0.15) is 32.6 Å². The van der Waals surface area contributed by atoms with Crippen molar-refractivity contribution in [2.75, 3.05) is 0 Å². The Bertz CT molecular complexity index is 1560. The highest BCUT2D eigenvalue weighted by Crippen LogP contribution is 2.38. The van der Waals surface area contributed by atoms with Gasteiger partial charge in [0.1, 0.15) is 5.52 Å². The Hall–Kier alpha value is -4.39. The maximum absolute atomic E-state index is 13.8. The first-order valence-corrected chi connectivity index (χ1v) is 11.8. The Morgan fingerprint density at radius 1 is 0.784 bits per heavy atom. The summed E-state index contributed by atoms with van der Waals surface area (Å²) in [6.07, 6.45) is -3.14. The molecule has 0 unspecified atom stereocenters. The normalized spacial score (nSPS) is 11.6. The van der Waals surface area contributed by atoms with Crippen LogP contribution in [-0.4, -0.2) is 20.9 Å². The van der Waals surface area contributed by atoms with Crippen LogP contribution in [0, 0.1) is 0 Å². The lowest BCUT2D eigenvalue weighted by Crippen LogP contribution is -2.06. The molecule has 1 heterocycles. The number of fused-ring (bicyclic) bond motifs is 1. The van der Waals surface area contributed by atoms with Crippen LogP contribution < -0.4 is 0 Å². The van der Waals surface area contributed by atoms with Gasteiger partial charge in [0.2, 0.25) is 0 Å². The molecule has 0 saturated heterocycles. The van der Waals surface area contributed by atoms with Crippen LogP contribution in [-0.2, 0) is 25.6 Å². The summed E-state index contributed by atoms with van der Waals surface area (Å²) in [6.45, 7) is 0.337. The highest BCUT2D eigenvalue weighted by Gasteiger charge is 2.34. The van der Waals surface area contributed by atoms with Crippen LogP contribution in [0.4, 0.5) is 13.2 Å². The molecule has 0 amide bonds. The molecule has 0 aliphatic heterocycles. The van der Waals surface area contributed by atoms with Crippen molar-refractivity contribution in [1.82, 2.24) is 9.78 Å². The third-order valence-corrected chi connectivity index (χ3v) is 6.35. The fraction of sp³-hybridized carbons (Fsp3) is 0.133. The van der Waals surface area contributed by atoms with Crippen LogP contribution in [0.2, 0.25) is 0 Å². The number of rotatable bonds is 7. The minimum absolute atomic E-state index is 0.0664. The van der Waals surface area contributed by atoms with Gasteiger partial charge in [-0.2, -0.15) is 18.3 Å². The predicted molar refractivity (Wildman–Crippen MR) is 137 cm³/mol. The fourth-order valence-corrected chi connectivity index (χ4v) is 4.53. The summed E-state index contributed by atoms with van der Waals surface area (Å²) in [6, 6.07) is 28.2. The molecule has 4 nitrogen and oxygen atoms in total. The van der Waals surface area contributed by atoms with E-state index in [1.807, 2.05) is 60.7 Å². The van der Waals surface area contributed by atoms with Gasteiger partial charge in [0, 0.05) is 10.9 Å². The Morgan fingerprint density at radius 2 is 1.46 bits per heavy atom. The summed E-state index contributed by atoms with van der Waals surface area (Å²) >= 11 is 0. The summed E-state index contributed by atoms with van der Waals surface area (Å²) in [4.78, 5) is 11.2. The number of hydrogen-bond acceptors (Lipinski definition) is 2. The number of nitrogens with zero attached hydrogens (tertiary/aromatic N) is 2. The number of aryl methyl sites for hydroxylation is 2. The van der Waals surface area contributed by atoms with Crippen molar-refractivity contribution < 1.29 is 23.1 Å². The predicted octanol–water partition coefficient (Wildman–Crippen LogP) is 7.25. The van der Waals surface area contributed by atoms with Crippen molar-refractivity contribution in [3.8, 4) is 11.3 Å². The van der Waals surface area contributed by atoms with Gasteiger partial charge >= 0.3 is 12.1 Å². The van der Waals surface area contributed by atoms with Crippen LogP contribution in [0.3, 0.4) is 0 Å². The average Bonchev–Trinajstić information content (AvgIpc) is 3.25. The zero-order valence-corrected chi connectivity index (χ0v) is 19.7. The molecule has 7 heteroatoms. The lowest BCUT2D eigenvalue weighted by molar-refractivity contribution is -0.136. The zero-order valence-electron chi connectivity index (χ0n) is 19.7. The van der Waals surface area contributed by atoms with Crippen LogP contribution >= 0.6 is 0 Å². The second-order valence-electron chi connectivity index (χ2n) is 8.89. The van der Waals surface area contributed by atoms with E-state index in [2.05, 4.69) is 5.10 Å². The Balaban J connectivity index is 1.49. The van der Waals surface area contributed by atoms with Gasteiger partial charge in [0.05, 0.1) is 23.4 Å². The van der Waals surface area contributed by atoms with Crippen LogP contribution in [0.5, 0.6) is 0 Å². The minimum atomic E-state index is -4.51. The quantitative estimate of drug-likeness (QED) is 0.256. The Kier molecular flexibility index (Phi) is 6.53. The Labute approximate surface area is 211 Å². The van der Waals surface area contributed by atoms with E-state index >= 15 is 0 Å². The zero-order chi connectivity index (χ0) is 26.0. The molecule has 0 radical (unpaired) electrons. The molecule has 0 atom stereocenters. The number of benzene rings is 4. The van der Waals surface area contributed by atoms with E-state index < -0.39 is 17.7 Å². The van der Waals surface area contributed by atoms with Gasteiger partial charge in [-0.1, -0.05) is 78.9 Å². The third-order valence-electron chi connectivity index (χ3n) is 6.35. The molecule has 186 valence electrons. The molecule has 1 N–H and O–H groups in total. The summed E-state index contributed by atoms with van der Waals surface area (Å²) in [5, 5.41) is 14.1. The van der Waals surface area contributed by atoms with E-state index in [1.54, 1.807) is 28.9 Å². The van der Waals surface area contributed by atoms with E-state index in [4.69, 9.17) is 0 Å². The van der Waals surface area contributed by atoms with E-state index in [0.29, 0.717) is 30.5 Å². The minimum Gasteiger partial charge on any atom is -0.478 e. The molecular formula is C30H23F3N2O2. The van der Waals surface area contributed by atoms with Gasteiger partial charge in [0.25, 0.3) is 0 Å². The number of hydrogen-bond donors (Lipinski definition) is 1. The summed E-state index contributed by atoms with van der Waals surface area (Å²) < 4.78 is 42.9. The van der Waals surface area contributed by atoms with Gasteiger partial charge < -0.3 is 5.11 Å². The van der Waals surface area contributed by atoms with Gasteiger partial charge in [-0.25, -0.2) is 4.79 Å². The summed E-state index contributed by atoms with van der Waals surface area (Å²) in [5.41, 5.74) is 3.74. The molecule has 0 saturated carbocycles. The van der Waals surface area contributed by atoms with Crippen molar-refractivity contribution in [2.24, 2.45) is 0 Å². The average molecular weight is 501 g/mol. The van der Waals surface area contributed by atoms with Crippen molar-refractivity contribution in [3.05, 3.63) is 125 Å². The molecule has 1 aromatic heterocycles. The maximum atomic E-state index is 13.8. The van der Waals surface area contributed by atoms with Crippen molar-refractivity contribution in [1.29, 1.82) is 0 Å². The largest absolute Gasteiger partial charge is 0.478 e. The third kappa shape index (κ3) is 5.26. The smallest absolute Gasteiger partial charge is 0.418 e. The number of aromatic carboxylic acids is 1. The molecular weight excluding hydrogens is 477 g/mol. The van der Waals surface area contributed by atoms with Crippen LogP contribution in [0.25, 0.3) is 22.2 Å². The molecule has 5 aromatic rings. The summed E-state index contributed by atoms with van der Waals surface area (Å²) in [7, 11) is 0. The number of halogens is 3. The number of aromatic nitrogens is 2. The van der Waals surface area contributed by atoms with Crippen molar-refractivity contribution in [3.63, 3.8) is 0 Å². The van der Waals surface area contributed by atoms with Gasteiger partial charge in [-0.3, -0.25) is 4.68 Å². The second-order valence-corrected chi connectivity index (χ2v) is 8.89. The molecule has 0 fully saturated rings. The number of alkyl halides is 3. The van der Waals surface area contributed by atoms with E-state index in [9.17, 15) is 23.1 Å². The molecule has 37 heavy (non-hydrogen) atoms. The van der Waals surface area contributed by atoms with Crippen molar-refractivity contribution >= 4 is 16.9 Å². The fourth-order valence-electron chi connectivity index (χ4n) is 4.53. The SMILES string of the molecule is O=C(O)c1cccc(CCc2ccc(-c3c4cccc(C(F)(F)F)c4nn3Cc3ccccc3)cc2)c1. The summed E-state index contributed by atoms with van der Waals surface area (Å²) in [5.74, 6) is -0.959. The van der Waals surface area contributed by atoms with Gasteiger partial charge in [0.15, 0.2) is 0 Å². The van der Waals surface area contributed by atoms with Gasteiger partial charge in [-0.15, -0.1) is 0 Å². The topological polar surface area (TPSA) is 55.1 Å². The van der Waals surface area contributed by atoms with Crippen LogP contribution in [0.15, 0.2) is 97.1 Å². The van der Waals surface area contributed by atoms with E-state index in [0.717, 1.165) is 28.3 Å². The van der Waals surface area contributed by atoms with Gasteiger partial charge in [-0.05, 0) is 47.7 Å². The highest BCUT2D eigenvalue weighted by atomic mass is 19.4. The molecule has 5 rings (SSSR count). The van der Waals surface area contributed by atoms with Crippen molar-refractivity contribution in [2.45, 2.75) is 25.6 Å². The highest BCUT2D eigenvalue weighted by molar-refractivity contribution is 5.95.